The van der Waals surface area contributed by atoms with Crippen molar-refractivity contribution < 1.29 is 18.0 Å². The van der Waals surface area contributed by atoms with Crippen molar-refractivity contribution in [1.29, 1.82) is 0 Å². The summed E-state index contributed by atoms with van der Waals surface area (Å²) in [7, 11) is -3.25. The van der Waals surface area contributed by atoms with Crippen LogP contribution in [0, 0.1) is 0 Å². The van der Waals surface area contributed by atoms with Gasteiger partial charge < -0.3 is 0 Å². The molecule has 2 heterocycles. The molecular weight excluding hydrogens is 328 g/mol. The number of unbranched alkanes of at least 4 members (excludes halogenated alkanes) is 2. The number of piperidine rings is 1. The van der Waals surface area contributed by atoms with Crippen LogP contribution in [0.4, 0.5) is 0 Å². The zero-order chi connectivity index (χ0) is 17.7. The number of rotatable bonds is 8. The van der Waals surface area contributed by atoms with Crippen LogP contribution in [0.15, 0.2) is 0 Å². The lowest BCUT2D eigenvalue weighted by atomic mass is 9.94. The lowest BCUT2D eigenvalue weighted by molar-refractivity contribution is -0.141. The third-order valence-electron chi connectivity index (χ3n) is 5.14. The molecule has 0 aromatic rings. The van der Waals surface area contributed by atoms with E-state index in [-0.39, 0.29) is 23.9 Å². The molecule has 2 aliphatic rings. The summed E-state index contributed by atoms with van der Waals surface area (Å²) in [5.41, 5.74) is 0. The molecule has 7 heteroatoms. The second-order valence-electron chi connectivity index (χ2n) is 7.07. The summed E-state index contributed by atoms with van der Waals surface area (Å²) in [5, 5.41) is 0. The number of amides is 2. The predicted octanol–water partition coefficient (Wildman–Crippen LogP) is 2.29. The average molecular weight is 359 g/mol. The van der Waals surface area contributed by atoms with E-state index in [1.807, 2.05) is 0 Å². The van der Waals surface area contributed by atoms with E-state index in [4.69, 9.17) is 0 Å². The number of hydrogen-bond acceptors (Lipinski definition) is 4. The Bertz CT molecular complexity index is 545. The second-order valence-corrected chi connectivity index (χ2v) is 9.00. The largest absolute Gasteiger partial charge is 0.279 e. The highest BCUT2D eigenvalue weighted by Crippen LogP contribution is 2.29. The molecule has 6 nitrogen and oxygen atoms in total. The Hall–Kier alpha value is -0.950. The fourth-order valence-electron chi connectivity index (χ4n) is 3.94. The molecule has 2 aliphatic heterocycles. The molecule has 2 rings (SSSR count). The van der Waals surface area contributed by atoms with Crippen molar-refractivity contribution in [2.45, 2.75) is 83.2 Å². The van der Waals surface area contributed by atoms with Crippen molar-refractivity contribution in [3.8, 4) is 0 Å². The molecule has 0 bridgehead atoms. The maximum atomic E-state index is 12.2. The summed E-state index contributed by atoms with van der Waals surface area (Å²) in [6, 6.07) is -0.257. The van der Waals surface area contributed by atoms with Crippen molar-refractivity contribution in [3.05, 3.63) is 0 Å². The van der Waals surface area contributed by atoms with Crippen molar-refractivity contribution >= 4 is 21.8 Å². The van der Waals surface area contributed by atoms with Crippen LogP contribution in [-0.2, 0) is 19.6 Å². The smallest absolute Gasteiger partial charge is 0.229 e. The van der Waals surface area contributed by atoms with Gasteiger partial charge in [-0.2, -0.15) is 4.31 Å². The Morgan fingerprint density at radius 1 is 1.12 bits per heavy atom. The van der Waals surface area contributed by atoms with Crippen LogP contribution in [-0.4, -0.2) is 54.3 Å². The number of carbonyl (C=O) groups excluding carboxylic acids is 2. The molecular formula is C17H30N2O4S. The van der Waals surface area contributed by atoms with Crippen molar-refractivity contribution in [3.63, 3.8) is 0 Å². The van der Waals surface area contributed by atoms with Crippen LogP contribution in [0.5, 0.6) is 0 Å². The fourth-order valence-corrected chi connectivity index (χ4v) is 5.14. The summed E-state index contributed by atoms with van der Waals surface area (Å²) in [4.78, 5) is 25.7. The molecule has 2 saturated heterocycles. The molecule has 0 radical (unpaired) electrons. The highest BCUT2D eigenvalue weighted by Gasteiger charge is 2.38. The average Bonchev–Trinajstić information content (AvgIpc) is 2.85. The first-order chi connectivity index (χ1) is 11.3. The first kappa shape index (κ1) is 19.4. The quantitative estimate of drug-likeness (QED) is 0.493. The van der Waals surface area contributed by atoms with E-state index in [1.165, 1.54) is 11.2 Å². The Morgan fingerprint density at radius 2 is 1.79 bits per heavy atom. The molecule has 2 atom stereocenters. The molecule has 2 fully saturated rings. The van der Waals surface area contributed by atoms with Gasteiger partial charge in [0, 0.05) is 31.5 Å². The zero-order valence-electron chi connectivity index (χ0n) is 14.9. The van der Waals surface area contributed by atoms with Gasteiger partial charge in [-0.15, -0.1) is 0 Å². The monoisotopic (exact) mass is 358 g/mol. The molecule has 2 amide bonds. The lowest BCUT2D eigenvalue weighted by Crippen LogP contribution is -2.48. The van der Waals surface area contributed by atoms with Crippen LogP contribution in [0.3, 0.4) is 0 Å². The van der Waals surface area contributed by atoms with Gasteiger partial charge in [0.1, 0.15) is 0 Å². The van der Waals surface area contributed by atoms with Crippen LogP contribution in [0.1, 0.15) is 71.1 Å². The summed E-state index contributed by atoms with van der Waals surface area (Å²) in [5.74, 6) is -0.188. The van der Waals surface area contributed by atoms with Crippen LogP contribution in [0.2, 0.25) is 0 Å². The van der Waals surface area contributed by atoms with Crippen LogP contribution >= 0.6 is 0 Å². The molecule has 138 valence electrons. The van der Waals surface area contributed by atoms with Crippen molar-refractivity contribution in [2.75, 3.05) is 12.8 Å². The Kier molecular flexibility index (Phi) is 6.80. The normalized spacial score (nSPS) is 24.6. The van der Waals surface area contributed by atoms with Crippen molar-refractivity contribution in [2.24, 2.45) is 0 Å². The summed E-state index contributed by atoms with van der Waals surface area (Å²) in [6.45, 7) is 2.67. The Morgan fingerprint density at radius 3 is 2.38 bits per heavy atom. The van der Waals surface area contributed by atoms with Gasteiger partial charge in [0.05, 0.1) is 6.26 Å². The van der Waals surface area contributed by atoms with E-state index in [9.17, 15) is 18.0 Å². The fraction of sp³-hybridized carbons (Fsp3) is 0.882. The number of likely N-dealkylation sites (tertiary alicyclic amines) is 1. The summed E-state index contributed by atoms with van der Waals surface area (Å²) < 4.78 is 25.7. The number of hydrogen-bond donors (Lipinski definition) is 0. The van der Waals surface area contributed by atoms with E-state index in [2.05, 4.69) is 6.92 Å². The standard InChI is InChI=1S/C17H30N2O4S/c1-3-4-5-9-15(19-16(20)10-11-17(19)21)13-14-8-6-7-12-18(14)24(2,22)23/h14-15H,3-13H2,1-2H3/t14-,15-/m1/s1. The minimum atomic E-state index is -3.25. The minimum absolute atomic E-state index is 0.0942. The van der Waals surface area contributed by atoms with Crippen LogP contribution < -0.4 is 0 Å². The highest BCUT2D eigenvalue weighted by molar-refractivity contribution is 7.88. The molecule has 0 unspecified atom stereocenters. The van der Waals surface area contributed by atoms with Gasteiger partial charge in [-0.1, -0.05) is 32.6 Å². The minimum Gasteiger partial charge on any atom is -0.279 e. The van der Waals surface area contributed by atoms with E-state index in [0.29, 0.717) is 25.8 Å². The van der Waals surface area contributed by atoms with E-state index in [0.717, 1.165) is 44.9 Å². The first-order valence-corrected chi connectivity index (χ1v) is 11.0. The highest BCUT2D eigenvalue weighted by atomic mass is 32.2. The number of nitrogens with zero attached hydrogens (tertiary/aromatic N) is 2. The zero-order valence-corrected chi connectivity index (χ0v) is 15.7. The Balaban J connectivity index is 2.13. The molecule has 0 aromatic carbocycles. The van der Waals surface area contributed by atoms with Gasteiger partial charge in [-0.3, -0.25) is 14.5 Å². The van der Waals surface area contributed by atoms with Crippen molar-refractivity contribution in [1.82, 2.24) is 9.21 Å². The first-order valence-electron chi connectivity index (χ1n) is 9.16. The van der Waals surface area contributed by atoms with Gasteiger partial charge in [0.15, 0.2) is 0 Å². The van der Waals surface area contributed by atoms with Gasteiger partial charge in [-0.05, 0) is 25.7 Å². The molecule has 0 saturated carbocycles. The van der Waals surface area contributed by atoms with E-state index < -0.39 is 10.0 Å². The number of carbonyl (C=O) groups is 2. The van der Waals surface area contributed by atoms with Crippen LogP contribution in [0.25, 0.3) is 0 Å². The summed E-state index contributed by atoms with van der Waals surface area (Å²) >= 11 is 0. The predicted molar refractivity (Wildman–Crippen MR) is 92.8 cm³/mol. The SMILES string of the molecule is CCCCC[C@H](C[C@H]1CCCCN1S(C)(=O)=O)N1C(=O)CCC1=O. The molecule has 0 N–H and O–H groups in total. The maximum absolute atomic E-state index is 12.2. The van der Waals surface area contributed by atoms with Gasteiger partial charge >= 0.3 is 0 Å². The van der Waals surface area contributed by atoms with E-state index >= 15 is 0 Å². The third kappa shape index (κ3) is 4.79. The van der Waals surface area contributed by atoms with Gasteiger partial charge in [0.2, 0.25) is 21.8 Å². The maximum Gasteiger partial charge on any atom is 0.229 e. The van der Waals surface area contributed by atoms with Gasteiger partial charge in [0.25, 0.3) is 0 Å². The summed E-state index contributed by atoms with van der Waals surface area (Å²) in [6.07, 6.45) is 8.99. The topological polar surface area (TPSA) is 74.8 Å². The Labute approximate surface area is 145 Å². The third-order valence-corrected chi connectivity index (χ3v) is 6.47. The number of imide groups is 1. The molecule has 0 spiro atoms. The van der Waals surface area contributed by atoms with E-state index in [1.54, 1.807) is 4.31 Å². The number of sulfonamides is 1. The molecule has 0 aromatic heterocycles. The molecule has 0 aliphatic carbocycles. The van der Waals surface area contributed by atoms with Gasteiger partial charge in [-0.25, -0.2) is 8.42 Å². The lowest BCUT2D eigenvalue weighted by Gasteiger charge is -2.37. The molecule has 24 heavy (non-hydrogen) atoms. The second kappa shape index (κ2) is 8.43.